The normalized spacial score (nSPS) is 18.7. The Kier molecular flexibility index (Phi) is 4.95. The number of rotatable bonds is 3. The van der Waals surface area contributed by atoms with Gasteiger partial charge in [-0.2, -0.15) is 0 Å². The molecule has 7 heteroatoms. The molecule has 1 unspecified atom stereocenters. The van der Waals surface area contributed by atoms with Gasteiger partial charge in [0.05, 0.1) is 25.9 Å². The Morgan fingerprint density at radius 2 is 2.35 bits per heavy atom. The smallest absolute Gasteiger partial charge is 0.336 e. The number of carbonyl (C=O) groups excluding carboxylic acids is 1. The van der Waals surface area contributed by atoms with Crippen molar-refractivity contribution >= 4 is 44.8 Å². The summed E-state index contributed by atoms with van der Waals surface area (Å²) in [6, 6.07) is 5.67. The number of halogens is 1. The van der Waals surface area contributed by atoms with Crippen molar-refractivity contribution in [3.63, 3.8) is 0 Å². The molecule has 20 heavy (non-hydrogen) atoms. The Labute approximate surface area is 131 Å². The maximum atomic E-state index is 11.6. The van der Waals surface area contributed by atoms with Crippen LogP contribution in [0.5, 0.6) is 0 Å². The van der Waals surface area contributed by atoms with E-state index in [2.05, 4.69) is 20.8 Å². The first kappa shape index (κ1) is 15.2. The summed E-state index contributed by atoms with van der Waals surface area (Å²) < 4.78 is 11.0. The predicted molar refractivity (Wildman–Crippen MR) is 84.0 cm³/mol. The first-order chi connectivity index (χ1) is 9.52. The third-order valence-electron chi connectivity index (χ3n) is 3.10. The fraction of sp³-hybridized carbons (Fsp3) is 0.385. The first-order valence-corrected chi connectivity index (χ1v) is 7.26. The Bertz CT molecular complexity index is 538. The molecule has 0 aromatic heterocycles. The summed E-state index contributed by atoms with van der Waals surface area (Å²) in [4.78, 5) is 14.0. The van der Waals surface area contributed by atoms with E-state index in [0.29, 0.717) is 24.7 Å². The monoisotopic (exact) mass is 358 g/mol. The molecule has 1 aliphatic rings. The molecule has 0 saturated carbocycles. The molecule has 2 N–H and O–H groups in total. The lowest BCUT2D eigenvalue weighted by atomic mass is 10.1. The number of nitrogens with zero attached hydrogens (tertiary/aromatic N) is 1. The van der Waals surface area contributed by atoms with Gasteiger partial charge in [-0.15, -0.1) is 0 Å². The molecule has 1 aromatic rings. The zero-order valence-corrected chi connectivity index (χ0v) is 13.4. The van der Waals surface area contributed by atoms with Crippen LogP contribution in [0.25, 0.3) is 0 Å². The molecule has 1 aromatic carbocycles. The predicted octanol–water partition coefficient (Wildman–Crippen LogP) is 1.46. The van der Waals surface area contributed by atoms with E-state index in [-0.39, 0.29) is 5.97 Å². The van der Waals surface area contributed by atoms with Gasteiger partial charge in [-0.3, -0.25) is 0 Å². The van der Waals surface area contributed by atoms with Crippen LogP contribution in [0.2, 0.25) is 0 Å². The van der Waals surface area contributed by atoms with Gasteiger partial charge in [-0.05, 0) is 34.1 Å². The fourth-order valence-corrected chi connectivity index (χ4v) is 2.82. The molecule has 1 saturated heterocycles. The second-order valence-electron chi connectivity index (χ2n) is 4.36. The maximum Gasteiger partial charge on any atom is 0.336 e. The van der Waals surface area contributed by atoms with Crippen molar-refractivity contribution < 1.29 is 14.3 Å². The van der Waals surface area contributed by atoms with Crippen LogP contribution in [-0.2, 0) is 14.3 Å². The summed E-state index contributed by atoms with van der Waals surface area (Å²) in [7, 11) is 1.36. The second kappa shape index (κ2) is 6.51. The van der Waals surface area contributed by atoms with E-state index in [1.165, 1.54) is 7.11 Å². The summed E-state index contributed by atoms with van der Waals surface area (Å²) in [5, 5.41) is 0. The van der Waals surface area contributed by atoms with Crippen LogP contribution >= 0.6 is 28.1 Å². The number of hydrogen-bond donors (Lipinski definition) is 1. The van der Waals surface area contributed by atoms with E-state index in [4.69, 9.17) is 27.4 Å². The number of morpholine rings is 1. The molecule has 2 rings (SSSR count). The number of esters is 1. The third kappa shape index (κ3) is 3.28. The van der Waals surface area contributed by atoms with Gasteiger partial charge in [0.15, 0.2) is 6.10 Å². The van der Waals surface area contributed by atoms with Crippen LogP contribution in [0.3, 0.4) is 0 Å². The number of methoxy groups -OCH3 is 1. The van der Waals surface area contributed by atoms with Crippen LogP contribution in [0.1, 0.15) is 5.56 Å². The number of hydrogen-bond acceptors (Lipinski definition) is 5. The van der Waals surface area contributed by atoms with Gasteiger partial charge in [0.2, 0.25) is 0 Å². The van der Waals surface area contributed by atoms with Gasteiger partial charge in [0, 0.05) is 16.6 Å². The molecule has 0 aliphatic carbocycles. The van der Waals surface area contributed by atoms with E-state index in [1.54, 1.807) is 0 Å². The average molecular weight is 359 g/mol. The van der Waals surface area contributed by atoms with E-state index in [9.17, 15) is 4.79 Å². The van der Waals surface area contributed by atoms with Gasteiger partial charge in [0.1, 0.15) is 4.99 Å². The van der Waals surface area contributed by atoms with Crippen LogP contribution in [0.15, 0.2) is 22.7 Å². The highest BCUT2D eigenvalue weighted by Gasteiger charge is 2.28. The fourth-order valence-electron chi connectivity index (χ4n) is 2.06. The van der Waals surface area contributed by atoms with Crippen LogP contribution in [0, 0.1) is 0 Å². The summed E-state index contributed by atoms with van der Waals surface area (Å²) in [6.45, 7) is 1.64. The summed E-state index contributed by atoms with van der Waals surface area (Å²) >= 11 is 8.46. The molecular weight excluding hydrogens is 344 g/mol. The minimum Gasteiger partial charge on any atom is -0.467 e. The van der Waals surface area contributed by atoms with Crippen molar-refractivity contribution in [1.82, 2.24) is 0 Å². The van der Waals surface area contributed by atoms with Crippen molar-refractivity contribution in [3.05, 3.63) is 28.2 Å². The molecule has 108 valence electrons. The minimum absolute atomic E-state index is 0.353. The summed E-state index contributed by atoms with van der Waals surface area (Å²) in [5.41, 5.74) is 7.38. The molecule has 1 fully saturated rings. The molecular formula is C13H15BrN2O3S. The van der Waals surface area contributed by atoms with Crippen LogP contribution < -0.4 is 10.6 Å². The van der Waals surface area contributed by atoms with E-state index in [1.807, 2.05) is 18.2 Å². The number of nitrogens with two attached hydrogens (primary N) is 1. The van der Waals surface area contributed by atoms with Crippen molar-refractivity contribution in [2.75, 3.05) is 31.7 Å². The quantitative estimate of drug-likeness (QED) is 0.651. The summed E-state index contributed by atoms with van der Waals surface area (Å²) in [5.74, 6) is -0.356. The van der Waals surface area contributed by atoms with E-state index >= 15 is 0 Å². The van der Waals surface area contributed by atoms with Crippen molar-refractivity contribution in [3.8, 4) is 0 Å². The second-order valence-corrected chi connectivity index (χ2v) is 5.65. The molecule has 5 nitrogen and oxygen atoms in total. The zero-order chi connectivity index (χ0) is 14.7. The lowest BCUT2D eigenvalue weighted by molar-refractivity contribution is -0.154. The Hall–Kier alpha value is -1.18. The van der Waals surface area contributed by atoms with Crippen molar-refractivity contribution in [2.24, 2.45) is 5.73 Å². The van der Waals surface area contributed by atoms with Crippen molar-refractivity contribution in [2.45, 2.75) is 6.10 Å². The third-order valence-corrected chi connectivity index (χ3v) is 3.97. The highest BCUT2D eigenvalue weighted by molar-refractivity contribution is 9.10. The molecule has 0 amide bonds. The standard InChI is InChI=1S/C13H15BrN2O3S/c1-18-13(17)11-7-16(4-5-19-11)10-3-2-8(12(15)20)6-9(10)14/h2-3,6,11H,4-5,7H2,1H3,(H2,15,20). The lowest BCUT2D eigenvalue weighted by Crippen LogP contribution is -2.46. The highest BCUT2D eigenvalue weighted by atomic mass is 79.9. The minimum atomic E-state index is -0.559. The number of carbonyl (C=O) groups is 1. The number of anilines is 1. The first-order valence-electron chi connectivity index (χ1n) is 6.06. The van der Waals surface area contributed by atoms with Gasteiger partial charge in [-0.1, -0.05) is 12.2 Å². The molecule has 0 bridgehead atoms. The number of ether oxygens (including phenoxy) is 2. The molecule has 1 heterocycles. The van der Waals surface area contributed by atoms with Crippen LogP contribution in [-0.4, -0.2) is 43.9 Å². The zero-order valence-electron chi connectivity index (χ0n) is 11.0. The van der Waals surface area contributed by atoms with E-state index in [0.717, 1.165) is 15.7 Å². The molecule has 0 spiro atoms. The van der Waals surface area contributed by atoms with Crippen LogP contribution in [0.4, 0.5) is 5.69 Å². The van der Waals surface area contributed by atoms with Gasteiger partial charge in [0.25, 0.3) is 0 Å². The Morgan fingerprint density at radius 3 is 2.95 bits per heavy atom. The van der Waals surface area contributed by atoms with Gasteiger partial charge in [-0.25, -0.2) is 4.79 Å². The Morgan fingerprint density at radius 1 is 1.60 bits per heavy atom. The largest absolute Gasteiger partial charge is 0.467 e. The molecule has 0 radical (unpaired) electrons. The Balaban J connectivity index is 2.19. The highest BCUT2D eigenvalue weighted by Crippen LogP contribution is 2.29. The number of thiocarbonyl (C=S) groups is 1. The lowest BCUT2D eigenvalue weighted by Gasteiger charge is -2.33. The van der Waals surface area contributed by atoms with Gasteiger partial charge < -0.3 is 20.1 Å². The molecule has 1 aliphatic heterocycles. The van der Waals surface area contributed by atoms with Gasteiger partial charge >= 0.3 is 5.97 Å². The maximum absolute atomic E-state index is 11.6. The van der Waals surface area contributed by atoms with Crippen molar-refractivity contribution in [1.29, 1.82) is 0 Å². The topological polar surface area (TPSA) is 64.8 Å². The average Bonchev–Trinajstić information content (AvgIpc) is 2.46. The molecule has 1 atom stereocenters. The SMILES string of the molecule is COC(=O)C1CN(c2ccc(C(N)=S)cc2Br)CCO1. The summed E-state index contributed by atoms with van der Waals surface area (Å²) in [6.07, 6.45) is -0.559. The van der Waals surface area contributed by atoms with E-state index < -0.39 is 6.10 Å². The number of benzene rings is 1.